The Morgan fingerprint density at radius 3 is 2.25 bits per heavy atom. The quantitative estimate of drug-likeness (QED) is 0.462. The van der Waals surface area contributed by atoms with E-state index in [9.17, 15) is 9.59 Å². The highest BCUT2D eigenvalue weighted by Gasteiger charge is 2.21. The average molecular weight is 446 g/mol. The van der Waals surface area contributed by atoms with Crippen molar-refractivity contribution in [2.75, 3.05) is 12.4 Å². The van der Waals surface area contributed by atoms with Gasteiger partial charge in [-0.15, -0.1) is 0 Å². The minimum absolute atomic E-state index is 0.270. The summed E-state index contributed by atoms with van der Waals surface area (Å²) in [5.74, 6) is 0.553. The first-order valence-corrected chi connectivity index (χ1v) is 10.3. The molecule has 0 fully saturated rings. The summed E-state index contributed by atoms with van der Waals surface area (Å²) in [4.78, 5) is 26.3. The molecule has 0 unspecified atom stereocenters. The van der Waals surface area contributed by atoms with Gasteiger partial charge >= 0.3 is 0 Å². The molecule has 32 heavy (non-hydrogen) atoms. The molecule has 160 valence electrons. The van der Waals surface area contributed by atoms with E-state index in [-0.39, 0.29) is 17.2 Å². The van der Waals surface area contributed by atoms with Crippen molar-refractivity contribution in [3.8, 4) is 22.6 Å². The number of benzene rings is 3. The first-order chi connectivity index (χ1) is 15.5. The Morgan fingerprint density at radius 1 is 0.969 bits per heavy atom. The normalized spacial score (nSPS) is 10.6. The summed E-state index contributed by atoms with van der Waals surface area (Å²) in [6.45, 7) is 1.65. The van der Waals surface area contributed by atoms with Gasteiger partial charge < -0.3 is 10.1 Å². The molecule has 4 aromatic rings. The Balaban J connectivity index is 1.93. The smallest absolute Gasteiger partial charge is 0.256 e. The SMILES string of the molecule is COc1ccc(-c2c(NC(=O)c3ccc(Cl)cc3)n(-c3ccccc3)nc(C)c2=O)cc1. The third-order valence-corrected chi connectivity index (χ3v) is 5.22. The number of anilines is 1. The van der Waals surface area contributed by atoms with Gasteiger partial charge in [0.1, 0.15) is 17.3 Å². The lowest BCUT2D eigenvalue weighted by Crippen LogP contribution is -2.24. The van der Waals surface area contributed by atoms with Gasteiger partial charge in [-0.3, -0.25) is 9.59 Å². The molecule has 3 aromatic carbocycles. The van der Waals surface area contributed by atoms with E-state index in [1.54, 1.807) is 67.2 Å². The van der Waals surface area contributed by atoms with Crippen LogP contribution in [0.1, 0.15) is 16.1 Å². The number of ether oxygens (including phenoxy) is 1. The van der Waals surface area contributed by atoms with Crippen LogP contribution in [0.25, 0.3) is 16.8 Å². The number of para-hydroxylation sites is 1. The predicted molar refractivity (Wildman–Crippen MR) is 126 cm³/mol. The number of nitrogens with one attached hydrogen (secondary N) is 1. The fourth-order valence-electron chi connectivity index (χ4n) is 3.32. The van der Waals surface area contributed by atoms with Crippen LogP contribution in [0.5, 0.6) is 5.75 Å². The fraction of sp³-hybridized carbons (Fsp3) is 0.0800. The summed E-state index contributed by atoms with van der Waals surface area (Å²) in [5.41, 5.74) is 2.13. The molecule has 0 aliphatic rings. The summed E-state index contributed by atoms with van der Waals surface area (Å²) < 4.78 is 6.81. The second kappa shape index (κ2) is 9.08. The largest absolute Gasteiger partial charge is 0.497 e. The van der Waals surface area contributed by atoms with Gasteiger partial charge in [-0.1, -0.05) is 41.9 Å². The standard InChI is InChI=1S/C25H20ClN3O3/c1-16-23(30)22(17-10-14-21(32-2)15-11-17)24(29(28-16)20-6-4-3-5-7-20)27-25(31)18-8-12-19(26)13-9-18/h3-15H,1-2H3,(H,27,31). The van der Waals surface area contributed by atoms with Crippen LogP contribution in [-0.2, 0) is 0 Å². The third-order valence-electron chi connectivity index (χ3n) is 4.97. The van der Waals surface area contributed by atoms with Crippen LogP contribution in [0, 0.1) is 6.92 Å². The van der Waals surface area contributed by atoms with Crippen molar-refractivity contribution in [1.82, 2.24) is 9.78 Å². The zero-order chi connectivity index (χ0) is 22.7. The highest BCUT2D eigenvalue weighted by molar-refractivity contribution is 6.30. The van der Waals surface area contributed by atoms with Crippen molar-refractivity contribution in [2.24, 2.45) is 0 Å². The molecular weight excluding hydrogens is 426 g/mol. The molecule has 7 heteroatoms. The Bertz CT molecular complexity index is 1320. The minimum atomic E-state index is -0.383. The average Bonchev–Trinajstić information content (AvgIpc) is 2.82. The molecule has 0 spiro atoms. The van der Waals surface area contributed by atoms with Gasteiger partial charge in [0.25, 0.3) is 5.91 Å². The molecule has 0 atom stereocenters. The number of methoxy groups -OCH3 is 1. The highest BCUT2D eigenvalue weighted by atomic mass is 35.5. The van der Waals surface area contributed by atoms with E-state index in [2.05, 4.69) is 10.4 Å². The molecule has 0 saturated carbocycles. The van der Waals surface area contributed by atoms with Crippen molar-refractivity contribution < 1.29 is 9.53 Å². The molecule has 0 radical (unpaired) electrons. The molecule has 1 heterocycles. The zero-order valence-corrected chi connectivity index (χ0v) is 18.3. The van der Waals surface area contributed by atoms with E-state index in [1.807, 2.05) is 30.3 Å². The van der Waals surface area contributed by atoms with E-state index in [0.29, 0.717) is 38.8 Å². The molecular formula is C25H20ClN3O3. The van der Waals surface area contributed by atoms with E-state index >= 15 is 0 Å². The maximum absolute atomic E-state index is 13.2. The maximum atomic E-state index is 13.2. The number of hydrogen-bond donors (Lipinski definition) is 1. The highest BCUT2D eigenvalue weighted by Crippen LogP contribution is 2.29. The summed E-state index contributed by atoms with van der Waals surface area (Å²) in [6, 6.07) is 22.9. The first kappa shape index (κ1) is 21.3. The second-order valence-electron chi connectivity index (χ2n) is 7.08. The van der Waals surface area contributed by atoms with Gasteiger partial charge in [-0.2, -0.15) is 5.10 Å². The van der Waals surface area contributed by atoms with E-state index < -0.39 is 0 Å². The molecule has 0 aliphatic carbocycles. The molecule has 1 aromatic heterocycles. The number of hydrogen-bond acceptors (Lipinski definition) is 4. The van der Waals surface area contributed by atoms with Crippen LogP contribution in [0.4, 0.5) is 5.82 Å². The second-order valence-corrected chi connectivity index (χ2v) is 7.51. The summed E-state index contributed by atoms with van der Waals surface area (Å²) in [6.07, 6.45) is 0. The third kappa shape index (κ3) is 4.26. The van der Waals surface area contributed by atoms with Crippen molar-refractivity contribution >= 4 is 23.3 Å². The Morgan fingerprint density at radius 2 is 1.62 bits per heavy atom. The number of rotatable bonds is 5. The molecule has 4 rings (SSSR count). The van der Waals surface area contributed by atoms with E-state index in [4.69, 9.17) is 16.3 Å². The number of amides is 1. The van der Waals surface area contributed by atoms with Gasteiger partial charge in [0.05, 0.1) is 18.4 Å². The monoisotopic (exact) mass is 445 g/mol. The molecule has 0 saturated heterocycles. The van der Waals surface area contributed by atoms with Gasteiger partial charge in [-0.25, -0.2) is 4.68 Å². The van der Waals surface area contributed by atoms with Crippen molar-refractivity contribution in [1.29, 1.82) is 0 Å². The maximum Gasteiger partial charge on any atom is 0.256 e. The number of aryl methyl sites for hydroxylation is 1. The Hall–Kier alpha value is -3.90. The zero-order valence-electron chi connectivity index (χ0n) is 17.5. The van der Waals surface area contributed by atoms with Crippen LogP contribution in [0.15, 0.2) is 83.7 Å². The number of aromatic nitrogens is 2. The summed E-state index contributed by atoms with van der Waals surface area (Å²) in [7, 11) is 1.58. The molecule has 0 bridgehead atoms. The van der Waals surface area contributed by atoms with Crippen LogP contribution in [0.2, 0.25) is 5.02 Å². The van der Waals surface area contributed by atoms with Gasteiger partial charge in [0.2, 0.25) is 5.43 Å². The first-order valence-electron chi connectivity index (χ1n) is 9.88. The summed E-state index contributed by atoms with van der Waals surface area (Å²) in [5, 5.41) is 7.89. The predicted octanol–water partition coefficient (Wildman–Crippen LogP) is 5.12. The van der Waals surface area contributed by atoms with Crippen molar-refractivity contribution in [3.05, 3.63) is 105 Å². The number of nitrogens with zero attached hydrogens (tertiary/aromatic N) is 2. The van der Waals surface area contributed by atoms with E-state index in [1.165, 1.54) is 0 Å². The van der Waals surface area contributed by atoms with Gasteiger partial charge in [-0.05, 0) is 61.0 Å². The lowest BCUT2D eigenvalue weighted by molar-refractivity contribution is 0.102. The topological polar surface area (TPSA) is 73.2 Å². The van der Waals surface area contributed by atoms with Crippen molar-refractivity contribution in [3.63, 3.8) is 0 Å². The van der Waals surface area contributed by atoms with Crippen LogP contribution in [0.3, 0.4) is 0 Å². The van der Waals surface area contributed by atoms with Gasteiger partial charge in [0, 0.05) is 10.6 Å². The Labute approximate surface area is 190 Å². The lowest BCUT2D eigenvalue weighted by atomic mass is 10.0. The number of halogens is 1. The molecule has 0 aliphatic heterocycles. The van der Waals surface area contributed by atoms with E-state index in [0.717, 1.165) is 0 Å². The fourth-order valence-corrected chi connectivity index (χ4v) is 3.44. The number of carbonyl (C=O) groups excluding carboxylic acids is 1. The molecule has 1 amide bonds. The molecule has 6 nitrogen and oxygen atoms in total. The lowest BCUT2D eigenvalue weighted by Gasteiger charge is -2.18. The minimum Gasteiger partial charge on any atom is -0.497 e. The van der Waals surface area contributed by atoms with Crippen molar-refractivity contribution in [2.45, 2.75) is 6.92 Å². The summed E-state index contributed by atoms with van der Waals surface area (Å²) >= 11 is 5.95. The number of carbonyl (C=O) groups is 1. The van der Waals surface area contributed by atoms with Gasteiger partial charge in [0.15, 0.2) is 0 Å². The van der Waals surface area contributed by atoms with Crippen LogP contribution >= 0.6 is 11.6 Å². The van der Waals surface area contributed by atoms with Crippen LogP contribution in [-0.4, -0.2) is 22.8 Å². The Kier molecular flexibility index (Phi) is 6.05. The van der Waals surface area contributed by atoms with Crippen LogP contribution < -0.4 is 15.5 Å². The molecule has 1 N–H and O–H groups in total.